The van der Waals surface area contributed by atoms with Crippen molar-refractivity contribution in [3.8, 4) is 0 Å². The van der Waals surface area contributed by atoms with Gasteiger partial charge in [0.25, 0.3) is 0 Å². The Bertz CT molecular complexity index is 325. The van der Waals surface area contributed by atoms with Crippen LogP contribution in [0.4, 0.5) is 0 Å². The van der Waals surface area contributed by atoms with Crippen LogP contribution in [0.5, 0.6) is 0 Å². The second kappa shape index (κ2) is 5.02. The summed E-state index contributed by atoms with van der Waals surface area (Å²) >= 11 is 0. The predicted octanol–water partition coefficient (Wildman–Crippen LogP) is 0.833. The summed E-state index contributed by atoms with van der Waals surface area (Å²) in [5.41, 5.74) is 0. The summed E-state index contributed by atoms with van der Waals surface area (Å²) in [5, 5.41) is 8.30. The lowest BCUT2D eigenvalue weighted by Gasteiger charge is -2.29. The molecule has 2 rings (SSSR count). The molecule has 0 spiro atoms. The quantitative estimate of drug-likeness (QED) is 0.755. The number of nitrogens with two attached hydrogens (primary N) is 1. The van der Waals surface area contributed by atoms with Gasteiger partial charge in [0, 0.05) is 12.6 Å². The second-order valence-corrected chi connectivity index (χ2v) is 7.02. The fourth-order valence-electron chi connectivity index (χ4n) is 2.81. The highest BCUT2D eigenvalue weighted by Crippen LogP contribution is 2.43. The molecule has 2 unspecified atom stereocenters. The maximum atomic E-state index is 10.8. The van der Waals surface area contributed by atoms with Gasteiger partial charge in [-0.3, -0.25) is 0 Å². The molecule has 16 heavy (non-hydrogen) atoms. The summed E-state index contributed by atoms with van der Waals surface area (Å²) in [6, 6.07) is 0.515. The molecule has 94 valence electrons. The van der Waals surface area contributed by atoms with Crippen LogP contribution in [0.25, 0.3) is 0 Å². The maximum Gasteiger partial charge on any atom is 0.210 e. The molecule has 2 fully saturated rings. The molecule has 0 aromatic rings. The highest BCUT2D eigenvalue weighted by Gasteiger charge is 2.34. The molecule has 5 heteroatoms. The first-order valence-corrected chi connectivity index (χ1v) is 8.00. The predicted molar refractivity (Wildman–Crippen MR) is 64.4 cm³/mol. The van der Waals surface area contributed by atoms with Gasteiger partial charge in [-0.1, -0.05) is 12.8 Å². The van der Waals surface area contributed by atoms with Crippen LogP contribution in [0, 0.1) is 11.8 Å². The largest absolute Gasteiger partial charge is 0.313 e. The molecular weight excluding hydrogens is 224 g/mol. The summed E-state index contributed by atoms with van der Waals surface area (Å²) in [7, 11) is -3.30. The minimum absolute atomic E-state index is 0.0532. The first kappa shape index (κ1) is 12.3. The molecule has 2 atom stereocenters. The van der Waals surface area contributed by atoms with E-state index in [1.807, 2.05) is 0 Å². The Balaban J connectivity index is 1.68. The summed E-state index contributed by atoms with van der Waals surface area (Å²) in [6.45, 7) is 0.501. The van der Waals surface area contributed by atoms with Crippen LogP contribution >= 0.6 is 0 Å². The van der Waals surface area contributed by atoms with Crippen molar-refractivity contribution in [3.63, 3.8) is 0 Å². The van der Waals surface area contributed by atoms with Gasteiger partial charge >= 0.3 is 0 Å². The van der Waals surface area contributed by atoms with E-state index in [1.54, 1.807) is 0 Å². The Morgan fingerprint density at radius 2 is 1.88 bits per heavy atom. The highest BCUT2D eigenvalue weighted by molar-refractivity contribution is 7.89. The van der Waals surface area contributed by atoms with Crippen molar-refractivity contribution in [1.29, 1.82) is 0 Å². The monoisotopic (exact) mass is 246 g/mol. The third kappa shape index (κ3) is 4.03. The second-order valence-electron chi connectivity index (χ2n) is 5.28. The number of hydrogen-bond donors (Lipinski definition) is 2. The van der Waals surface area contributed by atoms with Gasteiger partial charge in [0.1, 0.15) is 0 Å². The van der Waals surface area contributed by atoms with Crippen LogP contribution in [-0.4, -0.2) is 26.8 Å². The zero-order valence-electron chi connectivity index (χ0n) is 9.69. The van der Waals surface area contributed by atoms with Gasteiger partial charge < -0.3 is 5.32 Å². The van der Waals surface area contributed by atoms with E-state index >= 15 is 0 Å². The van der Waals surface area contributed by atoms with Crippen molar-refractivity contribution in [1.82, 2.24) is 5.32 Å². The van der Waals surface area contributed by atoms with E-state index in [9.17, 15) is 8.42 Å². The molecular formula is C11H22N2O2S. The van der Waals surface area contributed by atoms with E-state index in [2.05, 4.69) is 5.32 Å². The van der Waals surface area contributed by atoms with Crippen molar-refractivity contribution in [2.45, 2.75) is 44.6 Å². The highest BCUT2D eigenvalue weighted by atomic mass is 32.2. The maximum absolute atomic E-state index is 10.8. The van der Waals surface area contributed by atoms with Gasteiger partial charge in [0.15, 0.2) is 0 Å². The van der Waals surface area contributed by atoms with Crippen molar-refractivity contribution in [2.75, 3.05) is 12.3 Å². The molecule has 0 aliphatic heterocycles. The molecule has 0 aromatic carbocycles. The van der Waals surface area contributed by atoms with Crippen LogP contribution in [0.15, 0.2) is 0 Å². The van der Waals surface area contributed by atoms with Crippen molar-refractivity contribution < 1.29 is 8.42 Å². The molecule has 3 N–H and O–H groups in total. The Kier molecular flexibility index (Phi) is 3.87. The average molecular weight is 246 g/mol. The first-order chi connectivity index (χ1) is 7.54. The normalized spacial score (nSPS) is 31.6. The fourth-order valence-corrected chi connectivity index (χ4v) is 3.22. The Hall–Kier alpha value is -0.130. The topological polar surface area (TPSA) is 72.2 Å². The number of rotatable bonds is 5. The number of hydrogen-bond acceptors (Lipinski definition) is 3. The lowest BCUT2D eigenvalue weighted by Crippen LogP contribution is -2.38. The van der Waals surface area contributed by atoms with Gasteiger partial charge in [0.2, 0.25) is 10.0 Å². The minimum Gasteiger partial charge on any atom is -0.313 e. The van der Waals surface area contributed by atoms with Gasteiger partial charge in [-0.05, 0) is 37.5 Å². The van der Waals surface area contributed by atoms with E-state index < -0.39 is 10.0 Å². The van der Waals surface area contributed by atoms with Crippen molar-refractivity contribution in [2.24, 2.45) is 17.0 Å². The molecule has 2 aliphatic carbocycles. The Labute approximate surface area is 98.0 Å². The molecule has 0 bridgehead atoms. The molecule has 2 saturated carbocycles. The number of sulfonamides is 1. The molecule has 0 radical (unpaired) electrons. The van der Waals surface area contributed by atoms with Crippen LogP contribution in [-0.2, 0) is 10.0 Å². The van der Waals surface area contributed by atoms with Gasteiger partial charge in [-0.15, -0.1) is 0 Å². The van der Waals surface area contributed by atoms with Crippen LogP contribution in [0.1, 0.15) is 38.5 Å². The zero-order chi connectivity index (χ0) is 11.6. The van der Waals surface area contributed by atoms with E-state index in [1.165, 1.54) is 38.5 Å². The van der Waals surface area contributed by atoms with E-state index in [-0.39, 0.29) is 5.75 Å². The van der Waals surface area contributed by atoms with Crippen molar-refractivity contribution in [3.05, 3.63) is 0 Å². The first-order valence-electron chi connectivity index (χ1n) is 6.28. The van der Waals surface area contributed by atoms with Crippen LogP contribution < -0.4 is 10.5 Å². The smallest absolute Gasteiger partial charge is 0.210 e. The molecule has 2 aliphatic rings. The van der Waals surface area contributed by atoms with Crippen LogP contribution in [0.2, 0.25) is 0 Å². The van der Waals surface area contributed by atoms with E-state index in [4.69, 9.17) is 5.14 Å². The minimum atomic E-state index is -3.30. The summed E-state index contributed by atoms with van der Waals surface area (Å²) in [5.74, 6) is 1.92. The lowest BCUT2D eigenvalue weighted by molar-refractivity contribution is 0.264. The van der Waals surface area contributed by atoms with Gasteiger partial charge in [-0.2, -0.15) is 0 Å². The third-order valence-electron chi connectivity index (χ3n) is 3.82. The molecule has 0 heterocycles. The van der Waals surface area contributed by atoms with E-state index in [0.29, 0.717) is 12.6 Å². The zero-order valence-corrected chi connectivity index (χ0v) is 10.5. The summed E-state index contributed by atoms with van der Waals surface area (Å²) in [4.78, 5) is 0. The third-order valence-corrected chi connectivity index (χ3v) is 4.60. The van der Waals surface area contributed by atoms with Crippen molar-refractivity contribution >= 4 is 10.0 Å². The standard InChI is InChI=1S/C11H22N2O2S/c12-16(14,15)7-6-13-11-3-1-2-10(8-11)9-4-5-9/h9-11,13H,1-8H2,(H2,12,14,15). The summed E-state index contributed by atoms with van der Waals surface area (Å²) in [6.07, 6.45) is 7.90. The average Bonchev–Trinajstić information content (AvgIpc) is 2.99. The SMILES string of the molecule is NS(=O)(=O)CCNC1CCCC(C2CC2)C1. The van der Waals surface area contributed by atoms with Gasteiger partial charge in [0.05, 0.1) is 5.75 Å². The molecule has 0 aromatic heterocycles. The Morgan fingerprint density at radius 1 is 1.12 bits per heavy atom. The molecule has 4 nitrogen and oxygen atoms in total. The lowest BCUT2D eigenvalue weighted by atomic mass is 9.83. The van der Waals surface area contributed by atoms with Crippen LogP contribution in [0.3, 0.4) is 0 Å². The molecule has 0 saturated heterocycles. The fraction of sp³-hybridized carbons (Fsp3) is 1.00. The van der Waals surface area contributed by atoms with E-state index in [0.717, 1.165) is 11.8 Å². The summed E-state index contributed by atoms with van der Waals surface area (Å²) < 4.78 is 21.6. The molecule has 0 amide bonds. The number of nitrogens with one attached hydrogen (secondary N) is 1. The number of primary sulfonamides is 1. The van der Waals surface area contributed by atoms with Gasteiger partial charge in [-0.25, -0.2) is 13.6 Å². The Morgan fingerprint density at radius 3 is 2.50 bits per heavy atom.